The van der Waals surface area contributed by atoms with Gasteiger partial charge >= 0.3 is 5.97 Å². The van der Waals surface area contributed by atoms with Crippen molar-refractivity contribution in [2.24, 2.45) is 5.41 Å². The maximum Gasteiger partial charge on any atom is 0.316 e. The first kappa shape index (κ1) is 17.8. The fourth-order valence-electron chi connectivity index (χ4n) is 2.74. The predicted molar refractivity (Wildman–Crippen MR) is 87.2 cm³/mol. The van der Waals surface area contributed by atoms with Crippen molar-refractivity contribution in [2.45, 2.75) is 77.7 Å². The minimum atomic E-state index is -0.384. The van der Waals surface area contributed by atoms with E-state index in [1.165, 1.54) is 12.8 Å². The van der Waals surface area contributed by atoms with Crippen LogP contribution in [0.2, 0.25) is 0 Å². The van der Waals surface area contributed by atoms with E-state index in [1.54, 1.807) is 11.8 Å². The van der Waals surface area contributed by atoms with Crippen LogP contribution in [0.15, 0.2) is 0 Å². The summed E-state index contributed by atoms with van der Waals surface area (Å²) < 4.78 is 5.40. The number of rotatable bonds is 5. The molecule has 0 spiro atoms. The van der Waals surface area contributed by atoms with E-state index < -0.39 is 0 Å². The van der Waals surface area contributed by atoms with E-state index in [4.69, 9.17) is 4.74 Å². The van der Waals surface area contributed by atoms with Crippen molar-refractivity contribution in [3.8, 4) is 0 Å². The fourth-order valence-corrected chi connectivity index (χ4v) is 4.18. The fraction of sp³-hybridized carbons (Fsp3) is 0.938. The van der Waals surface area contributed by atoms with E-state index in [1.807, 2.05) is 20.8 Å². The number of ether oxygens (including phenoxy) is 1. The summed E-state index contributed by atoms with van der Waals surface area (Å²) in [4.78, 5) is 11.9. The number of carbonyl (C=O) groups is 1. The van der Waals surface area contributed by atoms with Gasteiger partial charge in [0.05, 0.1) is 5.75 Å². The van der Waals surface area contributed by atoms with Crippen molar-refractivity contribution in [3.05, 3.63) is 0 Å². The molecule has 0 heterocycles. The summed E-state index contributed by atoms with van der Waals surface area (Å²) in [5, 5.41) is 4.08. The number of esters is 1. The second-order valence-corrected chi connectivity index (χ2v) is 8.73. The SMILES string of the molecule is CCNC1CCC(C)(C)CC1SCC(=O)OC(C)(C)C. The van der Waals surface area contributed by atoms with Gasteiger partial charge in [0.1, 0.15) is 5.60 Å². The minimum absolute atomic E-state index is 0.0962. The largest absolute Gasteiger partial charge is 0.459 e. The van der Waals surface area contributed by atoms with Gasteiger partial charge in [0.25, 0.3) is 0 Å². The van der Waals surface area contributed by atoms with Crippen molar-refractivity contribution in [1.82, 2.24) is 5.32 Å². The maximum absolute atomic E-state index is 11.9. The Morgan fingerprint density at radius 1 is 1.40 bits per heavy atom. The predicted octanol–water partition coefficient (Wildman–Crippen LogP) is 3.62. The number of hydrogen-bond donors (Lipinski definition) is 1. The van der Waals surface area contributed by atoms with Gasteiger partial charge in [-0.15, -0.1) is 11.8 Å². The molecule has 3 nitrogen and oxygen atoms in total. The van der Waals surface area contributed by atoms with Gasteiger partial charge in [-0.25, -0.2) is 0 Å². The lowest BCUT2D eigenvalue weighted by Gasteiger charge is -2.40. The van der Waals surface area contributed by atoms with Crippen molar-refractivity contribution in [3.63, 3.8) is 0 Å². The molecule has 1 aliphatic rings. The summed E-state index contributed by atoms with van der Waals surface area (Å²) in [6.45, 7) is 13.6. The molecular weight excluding hydrogens is 270 g/mol. The van der Waals surface area contributed by atoms with Gasteiger partial charge in [-0.1, -0.05) is 20.8 Å². The second-order valence-electron chi connectivity index (χ2n) is 7.51. The minimum Gasteiger partial charge on any atom is -0.459 e. The summed E-state index contributed by atoms with van der Waals surface area (Å²) in [5.74, 6) is 0.362. The van der Waals surface area contributed by atoms with E-state index in [-0.39, 0.29) is 11.6 Å². The second kappa shape index (κ2) is 7.17. The zero-order valence-electron chi connectivity index (χ0n) is 13.9. The molecular formula is C16H31NO2S. The van der Waals surface area contributed by atoms with Gasteiger partial charge in [0.2, 0.25) is 0 Å². The Morgan fingerprint density at radius 3 is 2.60 bits per heavy atom. The molecule has 0 aromatic heterocycles. The molecule has 118 valence electrons. The zero-order valence-corrected chi connectivity index (χ0v) is 14.7. The third kappa shape index (κ3) is 6.49. The highest BCUT2D eigenvalue weighted by atomic mass is 32.2. The molecule has 0 aliphatic heterocycles. The molecule has 2 atom stereocenters. The topological polar surface area (TPSA) is 38.3 Å². The Hall–Kier alpha value is -0.220. The first-order chi connectivity index (χ1) is 9.13. The summed E-state index contributed by atoms with van der Waals surface area (Å²) in [5.41, 5.74) is 0.00205. The molecule has 1 aliphatic carbocycles. The highest BCUT2D eigenvalue weighted by Gasteiger charge is 2.35. The van der Waals surface area contributed by atoms with E-state index >= 15 is 0 Å². The third-order valence-corrected chi connectivity index (χ3v) is 4.96. The lowest BCUT2D eigenvalue weighted by atomic mass is 9.75. The van der Waals surface area contributed by atoms with Crippen LogP contribution in [0.5, 0.6) is 0 Å². The van der Waals surface area contributed by atoms with E-state index in [9.17, 15) is 4.79 Å². The van der Waals surface area contributed by atoms with Crippen LogP contribution in [-0.2, 0) is 9.53 Å². The average molecular weight is 301 g/mol. The molecule has 0 aromatic carbocycles. The summed E-state index contributed by atoms with van der Waals surface area (Å²) in [6, 6.07) is 0.528. The molecule has 2 unspecified atom stereocenters. The normalized spacial score (nSPS) is 26.3. The molecule has 0 aromatic rings. The van der Waals surface area contributed by atoms with Gasteiger partial charge in [0.15, 0.2) is 0 Å². The molecule has 20 heavy (non-hydrogen) atoms. The molecule has 0 bridgehead atoms. The molecule has 0 saturated heterocycles. The Kier molecular flexibility index (Phi) is 6.39. The molecule has 0 radical (unpaired) electrons. The number of nitrogens with one attached hydrogen (secondary N) is 1. The zero-order chi connectivity index (χ0) is 15.4. The maximum atomic E-state index is 11.9. The quantitative estimate of drug-likeness (QED) is 0.787. The summed E-state index contributed by atoms with van der Waals surface area (Å²) in [6.07, 6.45) is 3.62. The Morgan fingerprint density at radius 2 is 2.05 bits per heavy atom. The smallest absolute Gasteiger partial charge is 0.316 e. The van der Waals surface area contributed by atoms with E-state index in [0.29, 0.717) is 22.5 Å². The van der Waals surface area contributed by atoms with Crippen LogP contribution in [0.4, 0.5) is 0 Å². The number of carbonyl (C=O) groups excluding carboxylic acids is 1. The van der Waals surface area contributed by atoms with Crippen molar-refractivity contribution in [1.29, 1.82) is 0 Å². The summed E-state index contributed by atoms with van der Waals surface area (Å²) in [7, 11) is 0. The van der Waals surface area contributed by atoms with Gasteiger partial charge in [-0.2, -0.15) is 0 Å². The van der Waals surface area contributed by atoms with Crippen LogP contribution < -0.4 is 5.32 Å². The average Bonchev–Trinajstić information content (AvgIpc) is 2.27. The lowest BCUT2D eigenvalue weighted by molar-refractivity contribution is -0.151. The van der Waals surface area contributed by atoms with Crippen LogP contribution >= 0.6 is 11.8 Å². The van der Waals surface area contributed by atoms with Gasteiger partial charge in [-0.05, 0) is 52.0 Å². The van der Waals surface area contributed by atoms with Crippen LogP contribution in [0.1, 0.15) is 60.8 Å². The van der Waals surface area contributed by atoms with Crippen LogP contribution in [0.25, 0.3) is 0 Å². The first-order valence-electron chi connectivity index (χ1n) is 7.70. The van der Waals surface area contributed by atoms with E-state index in [0.717, 1.165) is 13.0 Å². The standard InChI is InChI=1S/C16H31NO2S/c1-7-17-12-8-9-16(5,6)10-13(12)20-11-14(18)19-15(2,3)4/h12-13,17H,7-11H2,1-6H3. The first-order valence-corrected chi connectivity index (χ1v) is 8.75. The van der Waals surface area contributed by atoms with E-state index in [2.05, 4.69) is 26.1 Å². The highest BCUT2D eigenvalue weighted by Crippen LogP contribution is 2.40. The molecule has 0 amide bonds. The van der Waals surface area contributed by atoms with Gasteiger partial charge in [0, 0.05) is 11.3 Å². The van der Waals surface area contributed by atoms with Crippen molar-refractivity contribution >= 4 is 17.7 Å². The lowest BCUT2D eigenvalue weighted by Crippen LogP contribution is -2.45. The molecule has 1 fully saturated rings. The monoisotopic (exact) mass is 301 g/mol. The van der Waals surface area contributed by atoms with Crippen molar-refractivity contribution in [2.75, 3.05) is 12.3 Å². The van der Waals surface area contributed by atoms with Gasteiger partial charge < -0.3 is 10.1 Å². The summed E-state index contributed by atoms with van der Waals surface area (Å²) >= 11 is 1.76. The number of hydrogen-bond acceptors (Lipinski definition) is 4. The molecule has 4 heteroatoms. The Bertz CT molecular complexity index is 323. The van der Waals surface area contributed by atoms with Crippen LogP contribution in [0, 0.1) is 5.41 Å². The molecule has 1 rings (SSSR count). The third-order valence-electron chi connectivity index (χ3n) is 3.64. The molecule has 1 N–H and O–H groups in total. The van der Waals surface area contributed by atoms with Crippen molar-refractivity contribution < 1.29 is 9.53 Å². The Balaban J connectivity index is 2.50. The van der Waals surface area contributed by atoms with Crippen LogP contribution in [0.3, 0.4) is 0 Å². The Labute approximate surface area is 128 Å². The van der Waals surface area contributed by atoms with Crippen LogP contribution in [-0.4, -0.2) is 35.2 Å². The number of thioether (sulfide) groups is 1. The highest BCUT2D eigenvalue weighted by molar-refractivity contribution is 8.00. The molecule has 1 saturated carbocycles. The van der Waals surface area contributed by atoms with Gasteiger partial charge in [-0.3, -0.25) is 4.79 Å².